The Labute approximate surface area is 160 Å². The van der Waals surface area contributed by atoms with E-state index >= 15 is 0 Å². The number of methoxy groups -OCH3 is 1. The number of rotatable bonds is 6. The third-order valence-electron chi connectivity index (χ3n) is 4.29. The number of aromatic amines is 1. The summed E-state index contributed by atoms with van der Waals surface area (Å²) >= 11 is 0. The van der Waals surface area contributed by atoms with E-state index in [1.54, 1.807) is 44.0 Å². The van der Waals surface area contributed by atoms with Crippen LogP contribution in [0.1, 0.15) is 11.1 Å². The summed E-state index contributed by atoms with van der Waals surface area (Å²) in [5.74, 6) is 1.07. The van der Waals surface area contributed by atoms with Crippen LogP contribution >= 0.6 is 0 Å². The summed E-state index contributed by atoms with van der Waals surface area (Å²) in [6.07, 6.45) is 6.44. The first-order valence-corrected chi connectivity index (χ1v) is 8.68. The van der Waals surface area contributed by atoms with Crippen LogP contribution < -0.4 is 11.0 Å². The highest BCUT2D eigenvalue weighted by Gasteiger charge is 2.11. The van der Waals surface area contributed by atoms with Gasteiger partial charge < -0.3 is 19.5 Å². The molecule has 0 saturated heterocycles. The maximum absolute atomic E-state index is 11.8. The summed E-state index contributed by atoms with van der Waals surface area (Å²) in [4.78, 5) is 22.9. The van der Waals surface area contributed by atoms with Gasteiger partial charge in [-0.3, -0.25) is 4.57 Å². The van der Waals surface area contributed by atoms with Crippen molar-refractivity contribution in [1.29, 1.82) is 0 Å². The van der Waals surface area contributed by atoms with E-state index in [0.717, 1.165) is 22.4 Å². The molecule has 4 rings (SSSR count). The average Bonchev–Trinajstić information content (AvgIpc) is 3.34. The number of anilines is 2. The number of pyridine rings is 1. The maximum Gasteiger partial charge on any atom is 0.331 e. The molecule has 28 heavy (non-hydrogen) atoms. The molecule has 0 spiro atoms. The van der Waals surface area contributed by atoms with Crippen molar-refractivity contribution in [2.75, 3.05) is 12.4 Å². The number of hydrogen-bond acceptors (Lipinski definition) is 6. The molecule has 1 aromatic carbocycles. The summed E-state index contributed by atoms with van der Waals surface area (Å²) in [6.45, 7) is 2.54. The van der Waals surface area contributed by atoms with E-state index in [1.165, 1.54) is 4.57 Å². The van der Waals surface area contributed by atoms with Crippen molar-refractivity contribution in [3.8, 4) is 17.1 Å². The first kappa shape index (κ1) is 17.7. The first-order valence-electron chi connectivity index (χ1n) is 8.68. The van der Waals surface area contributed by atoms with Gasteiger partial charge in [0.2, 0.25) is 0 Å². The highest BCUT2D eigenvalue weighted by Crippen LogP contribution is 2.27. The normalized spacial score (nSPS) is 10.9. The Morgan fingerprint density at radius 1 is 1.25 bits per heavy atom. The zero-order valence-electron chi connectivity index (χ0n) is 15.5. The van der Waals surface area contributed by atoms with Crippen LogP contribution in [0.25, 0.3) is 17.1 Å². The van der Waals surface area contributed by atoms with Gasteiger partial charge in [0.15, 0.2) is 5.76 Å². The van der Waals surface area contributed by atoms with Crippen molar-refractivity contribution < 1.29 is 9.15 Å². The van der Waals surface area contributed by atoms with Crippen LogP contribution in [0.5, 0.6) is 0 Å². The minimum Gasteiger partial charge on any atom is -0.423 e. The van der Waals surface area contributed by atoms with Crippen molar-refractivity contribution >= 4 is 11.7 Å². The molecular weight excluding hydrogens is 358 g/mol. The number of imidazole rings is 1. The Kier molecular flexibility index (Phi) is 4.77. The Balaban J connectivity index is 1.60. The number of aromatic nitrogens is 4. The van der Waals surface area contributed by atoms with Gasteiger partial charge in [0.1, 0.15) is 5.82 Å². The molecule has 0 bridgehead atoms. The molecule has 0 aliphatic rings. The van der Waals surface area contributed by atoms with Crippen LogP contribution in [-0.4, -0.2) is 26.6 Å². The van der Waals surface area contributed by atoms with Gasteiger partial charge in [0.25, 0.3) is 6.01 Å². The van der Waals surface area contributed by atoms with Gasteiger partial charge in [-0.1, -0.05) is 12.1 Å². The number of nitrogens with one attached hydrogen (secondary N) is 2. The van der Waals surface area contributed by atoms with Gasteiger partial charge in [0, 0.05) is 37.0 Å². The van der Waals surface area contributed by atoms with Crippen LogP contribution in [0.15, 0.2) is 64.3 Å². The predicted octanol–water partition coefficient (Wildman–Crippen LogP) is 3.41. The molecule has 3 aromatic heterocycles. The Morgan fingerprint density at radius 2 is 2.14 bits per heavy atom. The van der Waals surface area contributed by atoms with Crippen LogP contribution in [0.4, 0.5) is 11.7 Å². The number of nitrogens with zero attached hydrogens (tertiary/aromatic N) is 3. The molecule has 8 nitrogen and oxygen atoms in total. The highest BCUT2D eigenvalue weighted by atomic mass is 16.5. The minimum atomic E-state index is -0.254. The lowest BCUT2D eigenvalue weighted by Gasteiger charge is -2.08. The molecule has 0 saturated carbocycles. The number of benzene rings is 1. The maximum atomic E-state index is 11.8. The Bertz CT molecular complexity index is 1160. The zero-order valence-corrected chi connectivity index (χ0v) is 15.5. The van der Waals surface area contributed by atoms with E-state index in [9.17, 15) is 4.79 Å². The number of ether oxygens (including phenoxy) is 1. The molecule has 0 radical (unpaired) electrons. The SMILES string of the molecule is COCc1ccc(C)c(Nc2ncc(-c3ccnc(-n4cc[nH]c4=O)c3)o2)c1. The molecule has 4 aromatic rings. The van der Waals surface area contributed by atoms with E-state index in [2.05, 4.69) is 20.3 Å². The van der Waals surface area contributed by atoms with Gasteiger partial charge in [-0.15, -0.1) is 0 Å². The van der Waals surface area contributed by atoms with Crippen molar-refractivity contribution in [1.82, 2.24) is 19.5 Å². The summed E-state index contributed by atoms with van der Waals surface area (Å²) in [7, 11) is 1.66. The largest absolute Gasteiger partial charge is 0.423 e. The molecule has 0 aliphatic carbocycles. The number of H-pyrrole nitrogens is 1. The van der Waals surface area contributed by atoms with E-state index in [-0.39, 0.29) is 5.69 Å². The molecular formula is C20H19N5O3. The predicted molar refractivity (Wildman–Crippen MR) is 105 cm³/mol. The molecule has 3 heterocycles. The van der Waals surface area contributed by atoms with Gasteiger partial charge in [0.05, 0.1) is 12.8 Å². The fourth-order valence-corrected chi connectivity index (χ4v) is 2.84. The lowest BCUT2D eigenvalue weighted by atomic mass is 10.1. The van der Waals surface area contributed by atoms with E-state index in [1.807, 2.05) is 25.1 Å². The molecule has 0 aliphatic heterocycles. The van der Waals surface area contributed by atoms with Crippen LogP contribution in [-0.2, 0) is 11.3 Å². The van der Waals surface area contributed by atoms with E-state index < -0.39 is 0 Å². The number of aryl methyl sites for hydroxylation is 1. The van der Waals surface area contributed by atoms with Crippen molar-refractivity contribution in [2.24, 2.45) is 0 Å². The van der Waals surface area contributed by atoms with Crippen molar-refractivity contribution in [2.45, 2.75) is 13.5 Å². The lowest BCUT2D eigenvalue weighted by molar-refractivity contribution is 0.185. The summed E-state index contributed by atoms with van der Waals surface area (Å²) < 4.78 is 12.5. The Hall–Kier alpha value is -3.65. The minimum absolute atomic E-state index is 0.254. The smallest absolute Gasteiger partial charge is 0.331 e. The van der Waals surface area contributed by atoms with Gasteiger partial charge in [-0.05, 0) is 36.2 Å². The monoisotopic (exact) mass is 377 g/mol. The van der Waals surface area contributed by atoms with Gasteiger partial charge >= 0.3 is 5.69 Å². The molecule has 0 fully saturated rings. The van der Waals surface area contributed by atoms with Crippen LogP contribution in [0, 0.1) is 6.92 Å². The fourth-order valence-electron chi connectivity index (χ4n) is 2.84. The fraction of sp³-hybridized carbons (Fsp3) is 0.150. The van der Waals surface area contributed by atoms with Crippen LogP contribution in [0.2, 0.25) is 0 Å². The molecule has 0 amide bonds. The first-order chi connectivity index (χ1) is 13.6. The van der Waals surface area contributed by atoms with Crippen molar-refractivity contribution in [3.05, 3.63) is 76.7 Å². The van der Waals surface area contributed by atoms with Gasteiger partial charge in [-0.2, -0.15) is 0 Å². The second-order valence-electron chi connectivity index (χ2n) is 6.27. The highest BCUT2D eigenvalue weighted by molar-refractivity contribution is 5.62. The van der Waals surface area contributed by atoms with E-state index in [0.29, 0.717) is 24.2 Å². The third kappa shape index (κ3) is 3.58. The topological polar surface area (TPSA) is 98.0 Å². The summed E-state index contributed by atoms with van der Waals surface area (Å²) in [6, 6.07) is 9.99. The second-order valence-corrected chi connectivity index (χ2v) is 6.27. The molecule has 0 atom stereocenters. The standard InChI is InChI=1S/C20H19N5O3/c1-13-3-4-14(12-27-2)9-16(13)24-19-23-11-17(28-19)15-5-6-21-18(10-15)25-8-7-22-20(25)26/h3-11H,12H2,1-2H3,(H,22,26)(H,23,24). The number of hydrogen-bond donors (Lipinski definition) is 2. The van der Waals surface area contributed by atoms with E-state index in [4.69, 9.17) is 9.15 Å². The third-order valence-corrected chi connectivity index (χ3v) is 4.29. The molecule has 2 N–H and O–H groups in total. The Morgan fingerprint density at radius 3 is 2.93 bits per heavy atom. The van der Waals surface area contributed by atoms with Gasteiger partial charge in [-0.25, -0.2) is 14.8 Å². The number of oxazole rings is 1. The van der Waals surface area contributed by atoms with Crippen molar-refractivity contribution in [3.63, 3.8) is 0 Å². The van der Waals surface area contributed by atoms with Crippen LogP contribution in [0.3, 0.4) is 0 Å². The second kappa shape index (κ2) is 7.53. The lowest BCUT2D eigenvalue weighted by Crippen LogP contribution is -2.15. The summed E-state index contributed by atoms with van der Waals surface area (Å²) in [5, 5.41) is 3.20. The molecule has 142 valence electrons. The molecule has 8 heteroatoms. The molecule has 0 unspecified atom stereocenters. The average molecular weight is 377 g/mol. The zero-order chi connectivity index (χ0) is 19.5. The quantitative estimate of drug-likeness (QED) is 0.534. The summed E-state index contributed by atoms with van der Waals surface area (Å²) in [5.41, 5.74) is 3.53.